The maximum atomic E-state index is 12.9. The molecule has 0 unspecified atom stereocenters. The summed E-state index contributed by atoms with van der Waals surface area (Å²) in [6.45, 7) is 0.658. The minimum absolute atomic E-state index is 0.0517. The number of fused-ring (bicyclic) bond motifs is 1. The molecule has 4 rings (SSSR count). The second kappa shape index (κ2) is 6.03. The van der Waals surface area contributed by atoms with Gasteiger partial charge in [-0.05, 0) is 30.3 Å². The number of furan rings is 1. The van der Waals surface area contributed by atoms with Crippen LogP contribution in [0, 0.1) is 0 Å². The Morgan fingerprint density at radius 1 is 1.35 bits per heavy atom. The van der Waals surface area contributed by atoms with Gasteiger partial charge in [-0.3, -0.25) is 4.79 Å². The van der Waals surface area contributed by atoms with E-state index in [9.17, 15) is 4.79 Å². The Kier molecular flexibility index (Phi) is 3.88. The van der Waals surface area contributed by atoms with Gasteiger partial charge in [-0.25, -0.2) is 4.98 Å². The van der Waals surface area contributed by atoms with Gasteiger partial charge in [0.05, 0.1) is 18.1 Å². The third-order valence-electron chi connectivity index (χ3n) is 3.48. The molecule has 116 valence electrons. The fraction of sp³-hybridized carbons (Fsp3) is 0.125. The molecule has 0 fully saturated rings. The van der Waals surface area contributed by atoms with E-state index in [2.05, 4.69) is 4.98 Å². The first kappa shape index (κ1) is 14.8. The molecule has 7 heteroatoms. The van der Waals surface area contributed by atoms with Crippen LogP contribution in [0.15, 0.2) is 52.1 Å². The molecule has 1 amide bonds. The van der Waals surface area contributed by atoms with E-state index >= 15 is 0 Å². The molecule has 23 heavy (non-hydrogen) atoms. The predicted octanol–water partition coefficient (Wildman–Crippen LogP) is 4.81. The summed E-state index contributed by atoms with van der Waals surface area (Å²) in [5.41, 5.74) is 0.867. The van der Waals surface area contributed by atoms with Gasteiger partial charge in [0.15, 0.2) is 10.8 Å². The zero-order valence-electron chi connectivity index (χ0n) is 11.9. The normalized spacial score (nSPS) is 13.9. The van der Waals surface area contributed by atoms with E-state index in [1.54, 1.807) is 35.2 Å². The number of nitrogens with zero attached hydrogens (tertiary/aromatic N) is 2. The van der Waals surface area contributed by atoms with E-state index in [1.165, 1.54) is 11.3 Å². The largest absolute Gasteiger partial charge is 0.462 e. The monoisotopic (exact) mass is 362 g/mol. The van der Waals surface area contributed by atoms with Crippen LogP contribution in [0.2, 0.25) is 5.02 Å². The summed E-state index contributed by atoms with van der Waals surface area (Å²) in [4.78, 5) is 20.6. The second-order valence-corrected chi connectivity index (χ2v) is 7.53. The zero-order chi connectivity index (χ0) is 15.8. The van der Waals surface area contributed by atoms with E-state index in [0.29, 0.717) is 27.2 Å². The number of benzene rings is 1. The zero-order valence-corrected chi connectivity index (χ0v) is 14.2. The Hall–Kier alpha value is -1.76. The first-order valence-electron chi connectivity index (χ1n) is 6.96. The average molecular weight is 363 g/mol. The SMILES string of the molecule is O=C(c1cnc(-c2ccco2)s1)N1CCSc2ccc(Cl)cc21. The summed E-state index contributed by atoms with van der Waals surface area (Å²) in [5.74, 6) is 1.49. The predicted molar refractivity (Wildman–Crippen MR) is 93.7 cm³/mol. The van der Waals surface area contributed by atoms with Crippen LogP contribution < -0.4 is 4.90 Å². The number of carbonyl (C=O) groups excluding carboxylic acids is 1. The third-order valence-corrected chi connectivity index (χ3v) is 5.76. The molecule has 3 aromatic rings. The molecule has 0 bridgehead atoms. The van der Waals surface area contributed by atoms with Gasteiger partial charge >= 0.3 is 0 Å². The van der Waals surface area contributed by atoms with Crippen LogP contribution in [-0.2, 0) is 0 Å². The highest BCUT2D eigenvalue weighted by Crippen LogP contribution is 2.38. The highest BCUT2D eigenvalue weighted by Gasteiger charge is 2.26. The smallest absolute Gasteiger partial charge is 0.270 e. The number of halogens is 1. The fourth-order valence-electron chi connectivity index (χ4n) is 2.42. The van der Waals surface area contributed by atoms with Crippen LogP contribution in [0.5, 0.6) is 0 Å². The number of anilines is 1. The van der Waals surface area contributed by atoms with Crippen molar-refractivity contribution in [2.45, 2.75) is 4.90 Å². The molecule has 0 spiro atoms. The summed E-state index contributed by atoms with van der Waals surface area (Å²) in [6.07, 6.45) is 3.20. The van der Waals surface area contributed by atoms with Crippen LogP contribution in [0.1, 0.15) is 9.67 Å². The quantitative estimate of drug-likeness (QED) is 0.656. The highest BCUT2D eigenvalue weighted by atomic mass is 35.5. The van der Waals surface area contributed by atoms with Gasteiger partial charge in [0.25, 0.3) is 5.91 Å². The minimum atomic E-state index is -0.0517. The van der Waals surface area contributed by atoms with Crippen LogP contribution >= 0.6 is 34.7 Å². The van der Waals surface area contributed by atoms with Crippen molar-refractivity contribution in [3.05, 3.63) is 52.7 Å². The van der Waals surface area contributed by atoms with Gasteiger partial charge in [0, 0.05) is 22.2 Å². The summed E-state index contributed by atoms with van der Waals surface area (Å²) in [7, 11) is 0. The molecule has 0 aliphatic carbocycles. The van der Waals surface area contributed by atoms with Gasteiger partial charge in [-0.15, -0.1) is 23.1 Å². The number of thioether (sulfide) groups is 1. The lowest BCUT2D eigenvalue weighted by Crippen LogP contribution is -2.34. The summed E-state index contributed by atoms with van der Waals surface area (Å²) in [5, 5.41) is 1.33. The summed E-state index contributed by atoms with van der Waals surface area (Å²) >= 11 is 9.17. The summed E-state index contributed by atoms with van der Waals surface area (Å²) in [6, 6.07) is 9.29. The van der Waals surface area contributed by atoms with Gasteiger partial charge < -0.3 is 9.32 Å². The maximum Gasteiger partial charge on any atom is 0.270 e. The number of carbonyl (C=O) groups is 1. The van der Waals surface area contributed by atoms with E-state index in [4.69, 9.17) is 16.0 Å². The minimum Gasteiger partial charge on any atom is -0.462 e. The number of hydrogen-bond donors (Lipinski definition) is 0. The number of aromatic nitrogens is 1. The lowest BCUT2D eigenvalue weighted by Gasteiger charge is -2.28. The van der Waals surface area contributed by atoms with E-state index < -0.39 is 0 Å². The van der Waals surface area contributed by atoms with Crippen molar-refractivity contribution in [2.75, 3.05) is 17.2 Å². The number of amides is 1. The molecular formula is C16H11ClN2O2S2. The molecule has 0 radical (unpaired) electrons. The molecule has 0 saturated carbocycles. The second-order valence-electron chi connectivity index (χ2n) is 4.92. The van der Waals surface area contributed by atoms with Crippen LogP contribution in [-0.4, -0.2) is 23.2 Å². The van der Waals surface area contributed by atoms with Crippen molar-refractivity contribution in [1.82, 2.24) is 4.98 Å². The van der Waals surface area contributed by atoms with Crippen molar-refractivity contribution in [1.29, 1.82) is 0 Å². The van der Waals surface area contributed by atoms with Crippen LogP contribution in [0.25, 0.3) is 10.8 Å². The lowest BCUT2D eigenvalue weighted by molar-refractivity contribution is 0.0991. The van der Waals surface area contributed by atoms with E-state index in [-0.39, 0.29) is 5.91 Å². The molecule has 1 aliphatic heterocycles. The first-order valence-corrected chi connectivity index (χ1v) is 9.14. The third kappa shape index (κ3) is 2.78. The van der Waals surface area contributed by atoms with Crippen molar-refractivity contribution >= 4 is 46.3 Å². The Balaban J connectivity index is 1.67. The van der Waals surface area contributed by atoms with Crippen molar-refractivity contribution < 1.29 is 9.21 Å². The summed E-state index contributed by atoms with van der Waals surface area (Å²) < 4.78 is 5.33. The first-order chi connectivity index (χ1) is 11.2. The molecule has 0 saturated heterocycles. The van der Waals surface area contributed by atoms with E-state index in [1.807, 2.05) is 24.3 Å². The lowest BCUT2D eigenvalue weighted by atomic mass is 10.2. The maximum absolute atomic E-state index is 12.9. The topological polar surface area (TPSA) is 46.3 Å². The molecule has 3 heterocycles. The fourth-order valence-corrected chi connectivity index (χ4v) is 4.40. The Labute approximate surface area is 146 Å². The van der Waals surface area contributed by atoms with Gasteiger partial charge in [0.1, 0.15) is 4.88 Å². The molecule has 1 aromatic carbocycles. The van der Waals surface area contributed by atoms with Gasteiger partial charge in [-0.2, -0.15) is 0 Å². The van der Waals surface area contributed by atoms with Crippen molar-refractivity contribution in [3.63, 3.8) is 0 Å². The van der Waals surface area contributed by atoms with E-state index in [0.717, 1.165) is 16.3 Å². The molecular weight excluding hydrogens is 352 g/mol. The Morgan fingerprint density at radius 3 is 3.09 bits per heavy atom. The number of rotatable bonds is 2. The van der Waals surface area contributed by atoms with Gasteiger partial charge in [-0.1, -0.05) is 11.6 Å². The highest BCUT2D eigenvalue weighted by molar-refractivity contribution is 7.99. The standard InChI is InChI=1S/C16H11ClN2O2S2/c17-10-3-4-13-11(8-10)19(5-7-22-13)16(20)14-9-18-15(23-14)12-2-1-6-21-12/h1-4,6,8-9H,5,7H2. The molecule has 0 atom stereocenters. The van der Waals surface area contributed by atoms with Crippen molar-refractivity contribution in [2.24, 2.45) is 0 Å². The van der Waals surface area contributed by atoms with Crippen molar-refractivity contribution in [3.8, 4) is 10.8 Å². The average Bonchev–Trinajstić information content (AvgIpc) is 3.24. The molecule has 4 nitrogen and oxygen atoms in total. The molecule has 1 aliphatic rings. The molecule has 0 N–H and O–H groups in total. The number of hydrogen-bond acceptors (Lipinski definition) is 5. The molecule has 2 aromatic heterocycles. The van der Waals surface area contributed by atoms with Crippen LogP contribution in [0.4, 0.5) is 5.69 Å². The number of thiazole rings is 1. The van der Waals surface area contributed by atoms with Crippen LogP contribution in [0.3, 0.4) is 0 Å². The van der Waals surface area contributed by atoms with Gasteiger partial charge in [0.2, 0.25) is 0 Å². The Bertz CT molecular complexity index is 861. The Morgan fingerprint density at radius 2 is 2.26 bits per heavy atom.